The van der Waals surface area contributed by atoms with Gasteiger partial charge in [0.25, 0.3) is 0 Å². The molecule has 1 aliphatic heterocycles. The number of hydrogen-bond donors (Lipinski definition) is 1. The predicted molar refractivity (Wildman–Crippen MR) is 61.9 cm³/mol. The Morgan fingerprint density at radius 3 is 2.40 bits per heavy atom. The molecule has 3 rings (SSSR count). The summed E-state index contributed by atoms with van der Waals surface area (Å²) in [7, 11) is -1.13. The van der Waals surface area contributed by atoms with Crippen molar-refractivity contribution in [2.45, 2.75) is 4.90 Å². The summed E-state index contributed by atoms with van der Waals surface area (Å²) in [6.45, 7) is 0. The van der Waals surface area contributed by atoms with Crippen LogP contribution in [-0.4, -0.2) is 4.21 Å². The van der Waals surface area contributed by atoms with Crippen molar-refractivity contribution >= 4 is 16.7 Å². The molecule has 0 saturated carbocycles. The molecule has 0 fully saturated rings. The van der Waals surface area contributed by atoms with Crippen molar-refractivity contribution in [1.29, 1.82) is 0 Å². The molecule has 15 heavy (non-hydrogen) atoms. The number of rotatable bonds is 0. The molecule has 3 heteroatoms. The van der Waals surface area contributed by atoms with E-state index >= 15 is 0 Å². The summed E-state index contributed by atoms with van der Waals surface area (Å²) in [5, 5.41) is 0. The van der Waals surface area contributed by atoms with Crippen LogP contribution in [0.2, 0.25) is 0 Å². The average molecular weight is 215 g/mol. The fourth-order valence-electron chi connectivity index (χ4n) is 1.81. The number of hydrogen-bond acceptors (Lipinski definition) is 1. The van der Waals surface area contributed by atoms with Gasteiger partial charge in [-0.2, -0.15) is 0 Å². The van der Waals surface area contributed by atoms with Gasteiger partial charge in [0.05, 0.1) is 10.6 Å². The first kappa shape index (κ1) is 8.68. The molecule has 0 aliphatic carbocycles. The van der Waals surface area contributed by atoms with Crippen molar-refractivity contribution in [3.05, 3.63) is 48.5 Å². The van der Waals surface area contributed by atoms with Gasteiger partial charge in [-0.1, -0.05) is 36.4 Å². The van der Waals surface area contributed by atoms with Gasteiger partial charge in [-0.3, -0.25) is 0 Å². The van der Waals surface area contributed by atoms with Crippen LogP contribution >= 0.6 is 0 Å². The van der Waals surface area contributed by atoms with Crippen LogP contribution in [-0.2, 0) is 11.0 Å². The van der Waals surface area contributed by atoms with Gasteiger partial charge < -0.3 is 4.72 Å². The van der Waals surface area contributed by atoms with Crippen LogP contribution in [0, 0.1) is 0 Å². The second kappa shape index (κ2) is 3.21. The van der Waals surface area contributed by atoms with E-state index in [4.69, 9.17) is 0 Å². The third-order valence-electron chi connectivity index (χ3n) is 2.51. The maximum Gasteiger partial charge on any atom is 0.150 e. The molecule has 0 spiro atoms. The summed E-state index contributed by atoms with van der Waals surface area (Å²) in [6, 6.07) is 15.7. The van der Waals surface area contributed by atoms with E-state index in [1.54, 1.807) is 0 Å². The first-order valence-corrected chi connectivity index (χ1v) is 5.88. The van der Waals surface area contributed by atoms with Crippen molar-refractivity contribution in [3.8, 4) is 11.1 Å². The van der Waals surface area contributed by atoms with Gasteiger partial charge in [0.2, 0.25) is 0 Å². The number of fused-ring (bicyclic) bond motifs is 3. The molecule has 74 valence electrons. The highest BCUT2D eigenvalue weighted by atomic mass is 32.2. The number of benzene rings is 2. The van der Waals surface area contributed by atoms with Crippen molar-refractivity contribution < 1.29 is 4.21 Å². The van der Waals surface area contributed by atoms with Crippen LogP contribution in [0.25, 0.3) is 11.1 Å². The summed E-state index contributed by atoms with van der Waals surface area (Å²) in [5.41, 5.74) is 3.12. The van der Waals surface area contributed by atoms with E-state index in [0.717, 1.165) is 21.7 Å². The van der Waals surface area contributed by atoms with E-state index in [2.05, 4.69) is 4.72 Å². The zero-order valence-electron chi connectivity index (χ0n) is 7.94. The molecule has 0 aromatic heterocycles. The minimum absolute atomic E-state index is 0.858. The van der Waals surface area contributed by atoms with E-state index in [1.165, 1.54) is 0 Å². The Balaban J connectivity index is 2.34. The summed E-state index contributed by atoms with van der Waals surface area (Å²) in [5.74, 6) is 0. The fourth-order valence-corrected chi connectivity index (χ4v) is 2.88. The van der Waals surface area contributed by atoms with Gasteiger partial charge >= 0.3 is 0 Å². The van der Waals surface area contributed by atoms with Crippen molar-refractivity contribution in [1.82, 2.24) is 0 Å². The molecule has 0 saturated heterocycles. The Morgan fingerprint density at radius 2 is 1.53 bits per heavy atom. The van der Waals surface area contributed by atoms with Crippen LogP contribution in [0.3, 0.4) is 0 Å². The minimum Gasteiger partial charge on any atom is -0.301 e. The smallest absolute Gasteiger partial charge is 0.150 e. The summed E-state index contributed by atoms with van der Waals surface area (Å²) < 4.78 is 14.8. The summed E-state index contributed by atoms with van der Waals surface area (Å²) >= 11 is 0. The fraction of sp³-hybridized carbons (Fsp3) is 0. The lowest BCUT2D eigenvalue weighted by Gasteiger charge is -2.19. The highest BCUT2D eigenvalue weighted by Gasteiger charge is 2.19. The molecule has 1 N–H and O–H groups in total. The van der Waals surface area contributed by atoms with E-state index in [-0.39, 0.29) is 0 Å². The van der Waals surface area contributed by atoms with Crippen LogP contribution in [0.15, 0.2) is 53.4 Å². The maximum absolute atomic E-state index is 11.8. The second-order valence-corrected chi connectivity index (χ2v) is 4.59. The Bertz CT molecular complexity index is 551. The molecule has 2 aromatic rings. The molecule has 2 aromatic carbocycles. The molecule has 1 atom stereocenters. The van der Waals surface area contributed by atoms with Crippen LogP contribution in [0.1, 0.15) is 0 Å². The lowest BCUT2D eigenvalue weighted by Crippen LogP contribution is -2.11. The quantitative estimate of drug-likeness (QED) is 0.719. The highest BCUT2D eigenvalue weighted by Crippen LogP contribution is 2.36. The molecule has 0 bridgehead atoms. The van der Waals surface area contributed by atoms with Gasteiger partial charge in [-0.25, -0.2) is 4.21 Å². The normalized spacial score (nSPS) is 17.5. The molecule has 1 heterocycles. The number of para-hydroxylation sites is 1. The minimum atomic E-state index is -1.13. The average Bonchev–Trinajstić information content (AvgIpc) is 2.30. The molecular formula is C12H9NOS. The van der Waals surface area contributed by atoms with Crippen molar-refractivity contribution in [2.75, 3.05) is 4.72 Å². The van der Waals surface area contributed by atoms with Gasteiger partial charge in [0, 0.05) is 11.1 Å². The molecular weight excluding hydrogens is 206 g/mol. The number of nitrogens with one attached hydrogen (secondary N) is 1. The van der Waals surface area contributed by atoms with Gasteiger partial charge in [0.15, 0.2) is 11.0 Å². The van der Waals surface area contributed by atoms with E-state index in [9.17, 15) is 4.21 Å². The van der Waals surface area contributed by atoms with Gasteiger partial charge in [-0.05, 0) is 12.1 Å². The first-order chi connectivity index (χ1) is 7.36. The number of anilines is 1. The third-order valence-corrected chi connectivity index (χ3v) is 3.67. The standard InChI is InChI=1S/C12H9NOS/c14-15-12-8-4-2-6-10(12)9-5-1-3-7-11(9)13-15/h1-8,13H. The maximum atomic E-state index is 11.8. The Hall–Kier alpha value is -1.61. The van der Waals surface area contributed by atoms with Crippen LogP contribution < -0.4 is 4.72 Å². The molecule has 0 radical (unpaired) electrons. The lowest BCUT2D eigenvalue weighted by atomic mass is 10.0. The first-order valence-electron chi connectivity index (χ1n) is 4.73. The van der Waals surface area contributed by atoms with E-state index < -0.39 is 11.0 Å². The molecule has 1 aliphatic rings. The monoisotopic (exact) mass is 215 g/mol. The summed E-state index contributed by atoms with van der Waals surface area (Å²) in [4.78, 5) is 0.858. The second-order valence-electron chi connectivity index (χ2n) is 3.41. The largest absolute Gasteiger partial charge is 0.301 e. The van der Waals surface area contributed by atoms with Crippen molar-refractivity contribution in [3.63, 3.8) is 0 Å². The molecule has 2 nitrogen and oxygen atoms in total. The Kier molecular flexibility index (Phi) is 1.86. The third kappa shape index (κ3) is 1.27. The zero-order valence-corrected chi connectivity index (χ0v) is 8.75. The molecule has 1 unspecified atom stereocenters. The Labute approximate surface area is 90.5 Å². The van der Waals surface area contributed by atoms with Crippen molar-refractivity contribution in [2.24, 2.45) is 0 Å². The lowest BCUT2D eigenvalue weighted by molar-refractivity contribution is 0.686. The summed E-state index contributed by atoms with van der Waals surface area (Å²) in [6.07, 6.45) is 0. The SMILES string of the molecule is O=S1Nc2ccccc2-c2ccccc21. The van der Waals surface area contributed by atoms with E-state index in [1.807, 2.05) is 48.5 Å². The van der Waals surface area contributed by atoms with Crippen LogP contribution in [0.5, 0.6) is 0 Å². The zero-order chi connectivity index (χ0) is 10.3. The predicted octanol–water partition coefficient (Wildman–Crippen LogP) is 2.80. The van der Waals surface area contributed by atoms with Crippen LogP contribution in [0.4, 0.5) is 5.69 Å². The van der Waals surface area contributed by atoms with Gasteiger partial charge in [0.1, 0.15) is 0 Å². The topological polar surface area (TPSA) is 29.1 Å². The molecule has 0 amide bonds. The van der Waals surface area contributed by atoms with Gasteiger partial charge in [-0.15, -0.1) is 0 Å². The van der Waals surface area contributed by atoms with E-state index in [0.29, 0.717) is 0 Å². The highest BCUT2D eigenvalue weighted by molar-refractivity contribution is 7.86. The Morgan fingerprint density at radius 1 is 0.867 bits per heavy atom.